The van der Waals surface area contributed by atoms with Crippen molar-refractivity contribution < 1.29 is 23.9 Å². The number of likely N-dealkylation sites (tertiary alicyclic amines) is 1. The Kier molecular flexibility index (Phi) is 5.25. The molecule has 1 N–H and O–H groups in total. The van der Waals surface area contributed by atoms with Crippen molar-refractivity contribution >= 4 is 17.8 Å². The number of nitrogens with zero attached hydrogens (tertiary/aromatic N) is 2. The van der Waals surface area contributed by atoms with Crippen LogP contribution in [0.15, 0.2) is 24.3 Å². The predicted molar refractivity (Wildman–Crippen MR) is 97.5 cm³/mol. The molecule has 8 nitrogen and oxygen atoms in total. The fourth-order valence-electron chi connectivity index (χ4n) is 3.56. The first-order valence-electron chi connectivity index (χ1n) is 9.07. The summed E-state index contributed by atoms with van der Waals surface area (Å²) in [6.45, 7) is 4.30. The fourth-order valence-corrected chi connectivity index (χ4v) is 3.56. The largest absolute Gasteiger partial charge is 0.493 e. The van der Waals surface area contributed by atoms with Gasteiger partial charge in [-0.3, -0.25) is 14.5 Å². The Morgan fingerprint density at radius 3 is 2.37 bits per heavy atom. The minimum Gasteiger partial charge on any atom is -0.493 e. The molecule has 146 valence electrons. The number of carbonyl (C=O) groups excluding carboxylic acids is 3. The van der Waals surface area contributed by atoms with Gasteiger partial charge in [0.2, 0.25) is 0 Å². The van der Waals surface area contributed by atoms with E-state index in [1.165, 1.54) is 4.90 Å². The van der Waals surface area contributed by atoms with E-state index in [0.717, 1.165) is 0 Å². The number of para-hydroxylation sites is 2. The van der Waals surface area contributed by atoms with Crippen LogP contribution in [-0.4, -0.2) is 66.0 Å². The third-order valence-corrected chi connectivity index (χ3v) is 5.10. The maximum atomic E-state index is 12.7. The number of rotatable bonds is 5. The number of amides is 4. The van der Waals surface area contributed by atoms with Crippen molar-refractivity contribution in [2.24, 2.45) is 0 Å². The molecule has 0 aromatic heterocycles. The van der Waals surface area contributed by atoms with Gasteiger partial charge in [-0.05, 0) is 38.8 Å². The highest BCUT2D eigenvalue weighted by Gasteiger charge is 2.53. The lowest BCUT2D eigenvalue weighted by Crippen LogP contribution is -2.56. The monoisotopic (exact) mass is 375 g/mol. The molecule has 8 heteroatoms. The van der Waals surface area contributed by atoms with Crippen molar-refractivity contribution in [1.29, 1.82) is 0 Å². The zero-order chi connectivity index (χ0) is 19.6. The first kappa shape index (κ1) is 19.0. The molecule has 0 radical (unpaired) electrons. The SMILES string of the molecule is COc1ccccc1OCC(=O)N1CCC2(CC1)NC(=O)N(C(C)C)C2=O. The Bertz CT molecular complexity index is 741. The van der Waals surface area contributed by atoms with E-state index < -0.39 is 5.54 Å². The number of imide groups is 1. The van der Waals surface area contributed by atoms with Gasteiger partial charge in [0.1, 0.15) is 5.54 Å². The zero-order valence-electron chi connectivity index (χ0n) is 15.9. The Morgan fingerprint density at radius 2 is 1.81 bits per heavy atom. The van der Waals surface area contributed by atoms with Gasteiger partial charge < -0.3 is 19.7 Å². The summed E-state index contributed by atoms with van der Waals surface area (Å²) >= 11 is 0. The third kappa shape index (κ3) is 3.56. The number of hydrogen-bond donors (Lipinski definition) is 1. The highest BCUT2D eigenvalue weighted by Crippen LogP contribution is 2.31. The number of piperidine rings is 1. The molecular weight excluding hydrogens is 350 g/mol. The second kappa shape index (κ2) is 7.46. The summed E-state index contributed by atoms with van der Waals surface area (Å²) in [6, 6.07) is 6.59. The molecular formula is C19H25N3O5. The summed E-state index contributed by atoms with van der Waals surface area (Å²) in [5.41, 5.74) is -0.887. The van der Waals surface area contributed by atoms with Crippen LogP contribution in [0.25, 0.3) is 0 Å². The summed E-state index contributed by atoms with van der Waals surface area (Å²) in [7, 11) is 1.54. The molecule has 4 amide bonds. The Morgan fingerprint density at radius 1 is 1.19 bits per heavy atom. The van der Waals surface area contributed by atoms with Gasteiger partial charge in [0.25, 0.3) is 11.8 Å². The number of ether oxygens (including phenoxy) is 2. The van der Waals surface area contributed by atoms with Crippen molar-refractivity contribution in [1.82, 2.24) is 15.1 Å². The smallest absolute Gasteiger partial charge is 0.325 e. The molecule has 3 rings (SSSR count). The number of carbonyl (C=O) groups is 3. The van der Waals surface area contributed by atoms with E-state index in [2.05, 4.69) is 5.32 Å². The lowest BCUT2D eigenvalue weighted by Gasteiger charge is -2.37. The summed E-state index contributed by atoms with van der Waals surface area (Å²) < 4.78 is 10.8. The van der Waals surface area contributed by atoms with E-state index in [4.69, 9.17) is 9.47 Å². The van der Waals surface area contributed by atoms with Gasteiger partial charge in [0.05, 0.1) is 7.11 Å². The lowest BCUT2D eigenvalue weighted by molar-refractivity contribution is -0.140. The van der Waals surface area contributed by atoms with Crippen molar-refractivity contribution in [2.75, 3.05) is 26.8 Å². The van der Waals surface area contributed by atoms with E-state index in [1.807, 2.05) is 26.0 Å². The second-order valence-electron chi connectivity index (χ2n) is 7.10. The maximum Gasteiger partial charge on any atom is 0.325 e. The van der Waals surface area contributed by atoms with Crippen LogP contribution >= 0.6 is 0 Å². The molecule has 2 fully saturated rings. The molecule has 0 unspecified atom stereocenters. The van der Waals surface area contributed by atoms with Gasteiger partial charge in [0, 0.05) is 19.1 Å². The molecule has 2 saturated heterocycles. The van der Waals surface area contributed by atoms with Gasteiger partial charge in [-0.15, -0.1) is 0 Å². The second-order valence-corrected chi connectivity index (χ2v) is 7.10. The van der Waals surface area contributed by atoms with Crippen LogP contribution in [-0.2, 0) is 9.59 Å². The standard InChI is InChI=1S/C19H25N3O5/c1-13(2)22-17(24)19(20-18(22)25)8-10-21(11-9-19)16(23)12-27-15-7-5-4-6-14(15)26-3/h4-7,13H,8-12H2,1-3H3,(H,20,25). The highest BCUT2D eigenvalue weighted by molar-refractivity contribution is 6.07. The highest BCUT2D eigenvalue weighted by atomic mass is 16.5. The third-order valence-electron chi connectivity index (χ3n) is 5.10. The van der Waals surface area contributed by atoms with Crippen LogP contribution in [0.4, 0.5) is 4.79 Å². The van der Waals surface area contributed by atoms with E-state index in [1.54, 1.807) is 24.1 Å². The van der Waals surface area contributed by atoms with Crippen LogP contribution in [0.1, 0.15) is 26.7 Å². The molecule has 2 aliphatic heterocycles. The summed E-state index contributed by atoms with van der Waals surface area (Å²) in [5, 5.41) is 2.83. The zero-order valence-corrected chi connectivity index (χ0v) is 15.9. The van der Waals surface area contributed by atoms with Crippen LogP contribution in [0, 0.1) is 0 Å². The maximum absolute atomic E-state index is 12.7. The van der Waals surface area contributed by atoms with Gasteiger partial charge >= 0.3 is 6.03 Å². The summed E-state index contributed by atoms with van der Waals surface area (Å²) in [6.07, 6.45) is 0.808. The molecule has 0 bridgehead atoms. The van der Waals surface area contributed by atoms with Gasteiger partial charge in [-0.25, -0.2) is 4.79 Å². The number of hydrogen-bond acceptors (Lipinski definition) is 5. The van der Waals surface area contributed by atoms with E-state index in [-0.39, 0.29) is 30.5 Å². The number of nitrogens with one attached hydrogen (secondary N) is 1. The Labute approximate surface area is 158 Å². The normalized spacial score (nSPS) is 18.8. The quantitative estimate of drug-likeness (QED) is 0.786. The Hall–Kier alpha value is -2.77. The van der Waals surface area contributed by atoms with Gasteiger partial charge in [0.15, 0.2) is 18.1 Å². The summed E-state index contributed by atoms with van der Waals surface area (Å²) in [5.74, 6) is 0.719. The molecule has 0 aliphatic carbocycles. The minimum absolute atomic E-state index is 0.105. The van der Waals surface area contributed by atoms with Crippen LogP contribution in [0.2, 0.25) is 0 Å². The van der Waals surface area contributed by atoms with E-state index >= 15 is 0 Å². The van der Waals surface area contributed by atoms with Crippen molar-refractivity contribution in [3.05, 3.63) is 24.3 Å². The molecule has 27 heavy (non-hydrogen) atoms. The molecule has 0 saturated carbocycles. The van der Waals surface area contributed by atoms with Crippen LogP contribution in [0.3, 0.4) is 0 Å². The lowest BCUT2D eigenvalue weighted by atomic mass is 9.87. The fraction of sp³-hybridized carbons (Fsp3) is 0.526. The Balaban J connectivity index is 1.57. The molecule has 1 aromatic carbocycles. The molecule has 1 aromatic rings. The average Bonchev–Trinajstić information content (AvgIpc) is 2.90. The topological polar surface area (TPSA) is 88.2 Å². The first-order valence-corrected chi connectivity index (χ1v) is 9.07. The molecule has 0 atom stereocenters. The molecule has 1 spiro atoms. The van der Waals surface area contributed by atoms with Gasteiger partial charge in [-0.2, -0.15) is 0 Å². The number of benzene rings is 1. The minimum atomic E-state index is -0.887. The first-order chi connectivity index (χ1) is 12.9. The molecule has 2 aliphatic rings. The summed E-state index contributed by atoms with van der Waals surface area (Å²) in [4.78, 5) is 40.2. The average molecular weight is 375 g/mol. The van der Waals surface area contributed by atoms with Crippen molar-refractivity contribution in [3.63, 3.8) is 0 Å². The van der Waals surface area contributed by atoms with Crippen molar-refractivity contribution in [2.45, 2.75) is 38.3 Å². The van der Waals surface area contributed by atoms with Crippen LogP contribution in [0.5, 0.6) is 11.5 Å². The number of urea groups is 1. The predicted octanol–water partition coefficient (Wildman–Crippen LogP) is 1.40. The van der Waals surface area contributed by atoms with Gasteiger partial charge in [-0.1, -0.05) is 12.1 Å². The van der Waals surface area contributed by atoms with E-state index in [0.29, 0.717) is 37.4 Å². The van der Waals surface area contributed by atoms with Crippen LogP contribution < -0.4 is 14.8 Å². The number of methoxy groups -OCH3 is 1. The van der Waals surface area contributed by atoms with E-state index in [9.17, 15) is 14.4 Å². The van der Waals surface area contributed by atoms with Crippen molar-refractivity contribution in [3.8, 4) is 11.5 Å². The molecule has 2 heterocycles.